The van der Waals surface area contributed by atoms with Gasteiger partial charge in [-0.1, -0.05) is 31.4 Å². The second-order valence-electron chi connectivity index (χ2n) is 6.78. The fourth-order valence-electron chi connectivity index (χ4n) is 3.63. The third kappa shape index (κ3) is 3.98. The molecule has 7 heteroatoms. The number of aromatic nitrogens is 2. The molecular formula is C19H26N4O3. The van der Waals surface area contributed by atoms with E-state index in [0.717, 1.165) is 36.7 Å². The standard InChI is InChI=1S/C19H26N4O3/c1-2-22-15-10-6-7-11-16(15)23(19(22)26)13-18(25)20-12-17(24)21-14-8-4-3-5-9-14/h6-7,10-11,14H,2-5,8-9,12-13H2,1H3,(H,20,25)(H,21,24). The molecule has 7 nitrogen and oxygen atoms in total. The Morgan fingerprint density at radius 2 is 1.69 bits per heavy atom. The molecule has 0 bridgehead atoms. The maximum Gasteiger partial charge on any atom is 0.329 e. The van der Waals surface area contributed by atoms with E-state index >= 15 is 0 Å². The molecule has 0 unspecified atom stereocenters. The van der Waals surface area contributed by atoms with E-state index in [4.69, 9.17) is 0 Å². The van der Waals surface area contributed by atoms with Crippen molar-refractivity contribution in [3.05, 3.63) is 34.7 Å². The number of benzene rings is 1. The van der Waals surface area contributed by atoms with Gasteiger partial charge in [0.2, 0.25) is 11.8 Å². The number of carbonyl (C=O) groups is 2. The van der Waals surface area contributed by atoms with Crippen molar-refractivity contribution in [2.24, 2.45) is 0 Å². The number of amides is 2. The molecule has 0 spiro atoms. The molecule has 0 radical (unpaired) electrons. The highest BCUT2D eigenvalue weighted by Crippen LogP contribution is 2.17. The molecule has 1 heterocycles. The van der Waals surface area contributed by atoms with Crippen LogP contribution in [0.3, 0.4) is 0 Å². The minimum Gasteiger partial charge on any atom is -0.352 e. The van der Waals surface area contributed by atoms with Crippen molar-refractivity contribution >= 4 is 22.8 Å². The van der Waals surface area contributed by atoms with E-state index in [2.05, 4.69) is 10.6 Å². The number of imidazole rings is 1. The zero-order valence-electron chi connectivity index (χ0n) is 15.2. The van der Waals surface area contributed by atoms with Crippen LogP contribution in [-0.4, -0.2) is 33.5 Å². The molecule has 2 N–H and O–H groups in total. The van der Waals surface area contributed by atoms with Gasteiger partial charge in [0.25, 0.3) is 0 Å². The van der Waals surface area contributed by atoms with Crippen LogP contribution >= 0.6 is 0 Å². The van der Waals surface area contributed by atoms with Gasteiger partial charge in [0.15, 0.2) is 0 Å². The number of rotatable bonds is 6. The molecule has 3 rings (SSSR count). The molecule has 1 aromatic carbocycles. The van der Waals surface area contributed by atoms with Gasteiger partial charge in [0.05, 0.1) is 17.6 Å². The second-order valence-corrected chi connectivity index (χ2v) is 6.78. The predicted octanol–water partition coefficient (Wildman–Crippen LogP) is 1.39. The quantitative estimate of drug-likeness (QED) is 0.818. The fraction of sp³-hybridized carbons (Fsp3) is 0.526. The smallest absolute Gasteiger partial charge is 0.329 e. The first-order chi connectivity index (χ1) is 12.6. The average molecular weight is 358 g/mol. The number of para-hydroxylation sites is 2. The van der Waals surface area contributed by atoms with Crippen molar-refractivity contribution in [2.75, 3.05) is 6.54 Å². The largest absolute Gasteiger partial charge is 0.352 e. The van der Waals surface area contributed by atoms with Crippen LogP contribution in [0.1, 0.15) is 39.0 Å². The van der Waals surface area contributed by atoms with Gasteiger partial charge in [0.1, 0.15) is 6.54 Å². The summed E-state index contributed by atoms with van der Waals surface area (Å²) in [6, 6.07) is 7.62. The molecular weight excluding hydrogens is 332 g/mol. The van der Waals surface area contributed by atoms with Crippen LogP contribution in [0.2, 0.25) is 0 Å². The van der Waals surface area contributed by atoms with Crippen LogP contribution in [0, 0.1) is 0 Å². The number of fused-ring (bicyclic) bond motifs is 1. The Morgan fingerprint density at radius 3 is 2.35 bits per heavy atom. The van der Waals surface area contributed by atoms with E-state index in [9.17, 15) is 14.4 Å². The van der Waals surface area contributed by atoms with Gasteiger partial charge in [0, 0.05) is 12.6 Å². The maximum atomic E-state index is 12.5. The lowest BCUT2D eigenvalue weighted by molar-refractivity contribution is -0.126. The lowest BCUT2D eigenvalue weighted by Crippen LogP contribution is -2.43. The van der Waals surface area contributed by atoms with Crippen molar-refractivity contribution in [1.29, 1.82) is 0 Å². The lowest BCUT2D eigenvalue weighted by Gasteiger charge is -2.22. The number of hydrogen-bond donors (Lipinski definition) is 2. The first-order valence-electron chi connectivity index (χ1n) is 9.34. The third-order valence-corrected chi connectivity index (χ3v) is 4.96. The Hall–Kier alpha value is -2.57. The average Bonchev–Trinajstić information content (AvgIpc) is 2.92. The van der Waals surface area contributed by atoms with Gasteiger partial charge < -0.3 is 10.6 Å². The van der Waals surface area contributed by atoms with E-state index in [-0.39, 0.29) is 36.6 Å². The molecule has 1 aliphatic rings. The number of carbonyl (C=O) groups excluding carboxylic acids is 2. The molecule has 2 aromatic rings. The Balaban J connectivity index is 1.60. The fourth-order valence-corrected chi connectivity index (χ4v) is 3.63. The summed E-state index contributed by atoms with van der Waals surface area (Å²) >= 11 is 0. The zero-order valence-corrected chi connectivity index (χ0v) is 15.2. The van der Waals surface area contributed by atoms with Gasteiger partial charge in [-0.25, -0.2) is 4.79 Å². The summed E-state index contributed by atoms with van der Waals surface area (Å²) in [5, 5.41) is 5.59. The van der Waals surface area contributed by atoms with Gasteiger partial charge in [-0.05, 0) is 31.9 Å². The second kappa shape index (κ2) is 8.21. The first-order valence-corrected chi connectivity index (χ1v) is 9.34. The summed E-state index contributed by atoms with van der Waals surface area (Å²) in [4.78, 5) is 36.8. The number of aryl methyl sites for hydroxylation is 1. The highest BCUT2D eigenvalue weighted by molar-refractivity contribution is 5.85. The van der Waals surface area contributed by atoms with Gasteiger partial charge >= 0.3 is 5.69 Å². The van der Waals surface area contributed by atoms with Crippen molar-refractivity contribution in [3.63, 3.8) is 0 Å². The van der Waals surface area contributed by atoms with E-state index in [0.29, 0.717) is 6.54 Å². The van der Waals surface area contributed by atoms with E-state index in [1.54, 1.807) is 4.57 Å². The zero-order chi connectivity index (χ0) is 18.5. The normalized spacial score (nSPS) is 15.1. The molecule has 2 amide bonds. The van der Waals surface area contributed by atoms with E-state index in [1.165, 1.54) is 11.0 Å². The molecule has 26 heavy (non-hydrogen) atoms. The highest BCUT2D eigenvalue weighted by atomic mass is 16.2. The van der Waals surface area contributed by atoms with Crippen molar-refractivity contribution in [1.82, 2.24) is 19.8 Å². The number of hydrogen-bond acceptors (Lipinski definition) is 3. The van der Waals surface area contributed by atoms with Crippen LogP contribution in [0.4, 0.5) is 0 Å². The number of nitrogens with one attached hydrogen (secondary N) is 2. The predicted molar refractivity (Wildman–Crippen MR) is 99.9 cm³/mol. The summed E-state index contributed by atoms with van der Waals surface area (Å²) < 4.78 is 3.09. The van der Waals surface area contributed by atoms with Crippen molar-refractivity contribution < 1.29 is 9.59 Å². The Bertz CT molecular complexity index is 846. The minimum atomic E-state index is -0.343. The van der Waals surface area contributed by atoms with Crippen LogP contribution < -0.4 is 16.3 Å². The summed E-state index contributed by atoms with van der Waals surface area (Å²) in [6.07, 6.45) is 5.52. The summed E-state index contributed by atoms with van der Waals surface area (Å²) in [7, 11) is 0. The van der Waals surface area contributed by atoms with Crippen molar-refractivity contribution in [3.8, 4) is 0 Å². The maximum absolute atomic E-state index is 12.5. The lowest BCUT2D eigenvalue weighted by atomic mass is 9.95. The van der Waals surface area contributed by atoms with E-state index < -0.39 is 0 Å². The monoisotopic (exact) mass is 358 g/mol. The van der Waals surface area contributed by atoms with Crippen LogP contribution in [0.5, 0.6) is 0 Å². The highest BCUT2D eigenvalue weighted by Gasteiger charge is 2.17. The van der Waals surface area contributed by atoms with Crippen LogP contribution in [-0.2, 0) is 22.7 Å². The van der Waals surface area contributed by atoms with Crippen molar-refractivity contribution in [2.45, 2.75) is 58.2 Å². The van der Waals surface area contributed by atoms with Gasteiger partial charge in [-0.15, -0.1) is 0 Å². The van der Waals surface area contributed by atoms with Gasteiger partial charge in [-0.3, -0.25) is 18.7 Å². The Labute approximate surface area is 152 Å². The Morgan fingerprint density at radius 1 is 1.04 bits per heavy atom. The van der Waals surface area contributed by atoms with E-state index in [1.807, 2.05) is 31.2 Å². The van der Waals surface area contributed by atoms with Gasteiger partial charge in [-0.2, -0.15) is 0 Å². The summed E-state index contributed by atoms with van der Waals surface area (Å²) in [6.45, 7) is 2.28. The topological polar surface area (TPSA) is 85.1 Å². The number of nitrogens with zero attached hydrogens (tertiary/aromatic N) is 2. The molecule has 140 valence electrons. The molecule has 0 atom stereocenters. The Kier molecular flexibility index (Phi) is 5.75. The minimum absolute atomic E-state index is 0.0590. The van der Waals surface area contributed by atoms with Crippen LogP contribution in [0.25, 0.3) is 11.0 Å². The molecule has 1 fully saturated rings. The SMILES string of the molecule is CCn1c(=O)n(CC(=O)NCC(=O)NC2CCCCC2)c2ccccc21. The molecule has 1 saturated carbocycles. The molecule has 0 saturated heterocycles. The van der Waals surface area contributed by atoms with Crippen LogP contribution in [0.15, 0.2) is 29.1 Å². The molecule has 0 aliphatic heterocycles. The molecule has 1 aliphatic carbocycles. The third-order valence-electron chi connectivity index (χ3n) is 4.96. The first kappa shape index (κ1) is 18.2. The molecule has 1 aromatic heterocycles. The summed E-state index contributed by atoms with van der Waals surface area (Å²) in [5.41, 5.74) is 1.32. The summed E-state index contributed by atoms with van der Waals surface area (Å²) in [5.74, 6) is -0.515.